The number of unbranched alkanes of at least 4 members (excludes halogenated alkanes) is 2. The summed E-state index contributed by atoms with van der Waals surface area (Å²) < 4.78 is 51.2. The molecular weight excluding hydrogens is 965 g/mol. The van der Waals surface area contributed by atoms with Gasteiger partial charge in [0, 0.05) is 45.8 Å². The number of esters is 2. The SMILES string of the molecule is CCCCOCCOCCOCCCN.CCCCOCCOCCOCCCNC(=O)CC[C@H](NC(=O)OC(C)(C)C)C(=O)NCC(=O)OC.COC(=O)CNC(=O)[C@H](CCC(=O)O)NC(=O)OC(C)(C)C. The van der Waals surface area contributed by atoms with Crippen LogP contribution in [-0.2, 0) is 76.1 Å². The fourth-order valence-corrected chi connectivity index (χ4v) is 4.94. The van der Waals surface area contributed by atoms with E-state index < -0.39 is 65.2 Å². The van der Waals surface area contributed by atoms with Crippen LogP contribution in [0.15, 0.2) is 0 Å². The number of methoxy groups -OCH3 is 2. The van der Waals surface area contributed by atoms with Crippen molar-refractivity contribution in [2.75, 3.05) is 120 Å². The molecule has 0 fully saturated rings. The number of alkyl carbamates (subject to hydrolysis) is 2. The van der Waals surface area contributed by atoms with Crippen LogP contribution in [0.2, 0.25) is 0 Å². The largest absolute Gasteiger partial charge is 0.481 e. The van der Waals surface area contributed by atoms with E-state index in [1.165, 1.54) is 13.5 Å². The Morgan fingerprint density at radius 2 is 0.836 bits per heavy atom. The van der Waals surface area contributed by atoms with Crippen molar-refractivity contribution < 1.29 is 90.8 Å². The highest BCUT2D eigenvalue weighted by Gasteiger charge is 2.27. The highest BCUT2D eigenvalue weighted by Crippen LogP contribution is 2.09. The summed E-state index contributed by atoms with van der Waals surface area (Å²) in [6.45, 7) is 22.1. The fraction of sp³-hybridized carbons (Fsp3) is 0.833. The molecule has 0 aliphatic heterocycles. The number of hydrogen-bond acceptors (Lipinski definition) is 19. The topological polar surface area (TPSA) is 335 Å². The van der Waals surface area contributed by atoms with E-state index in [1.807, 2.05) is 0 Å². The van der Waals surface area contributed by atoms with Crippen molar-refractivity contribution in [1.29, 1.82) is 0 Å². The zero-order valence-electron chi connectivity index (χ0n) is 45.4. The molecule has 0 radical (unpaired) electrons. The molecule has 73 heavy (non-hydrogen) atoms. The van der Waals surface area contributed by atoms with Gasteiger partial charge in [0.25, 0.3) is 0 Å². The normalized spacial score (nSPS) is 11.7. The Hall–Kier alpha value is -4.92. The molecule has 0 aliphatic rings. The van der Waals surface area contributed by atoms with E-state index in [-0.39, 0.29) is 44.7 Å². The molecule has 428 valence electrons. The molecule has 25 heteroatoms. The number of carbonyl (C=O) groups excluding carboxylic acids is 7. The maximum Gasteiger partial charge on any atom is 0.408 e. The second kappa shape index (κ2) is 48.0. The van der Waals surface area contributed by atoms with Crippen LogP contribution in [0.25, 0.3) is 0 Å². The smallest absolute Gasteiger partial charge is 0.408 e. The molecular formula is C48H92N6O19. The number of nitrogens with one attached hydrogen (secondary N) is 5. The van der Waals surface area contributed by atoms with Crippen molar-refractivity contribution >= 4 is 47.8 Å². The van der Waals surface area contributed by atoms with Crippen LogP contribution in [0.3, 0.4) is 0 Å². The molecule has 0 heterocycles. The Morgan fingerprint density at radius 1 is 0.493 bits per heavy atom. The second-order valence-electron chi connectivity index (χ2n) is 17.7. The van der Waals surface area contributed by atoms with Crippen LogP contribution in [-0.4, -0.2) is 196 Å². The van der Waals surface area contributed by atoms with Crippen molar-refractivity contribution in [3.05, 3.63) is 0 Å². The molecule has 2 atom stereocenters. The van der Waals surface area contributed by atoms with E-state index in [0.29, 0.717) is 79.0 Å². The van der Waals surface area contributed by atoms with Crippen LogP contribution in [0.4, 0.5) is 9.59 Å². The predicted molar refractivity (Wildman–Crippen MR) is 268 cm³/mol. The number of carboxylic acid groups (broad SMARTS) is 1. The molecule has 5 amide bonds. The number of amides is 5. The Labute approximate surface area is 432 Å². The molecule has 0 aromatic heterocycles. The molecule has 0 saturated carbocycles. The molecule has 0 bridgehead atoms. The van der Waals surface area contributed by atoms with Gasteiger partial charge in [0.2, 0.25) is 17.7 Å². The first-order valence-electron chi connectivity index (χ1n) is 24.9. The molecule has 8 N–H and O–H groups in total. The minimum atomic E-state index is -1.13. The highest BCUT2D eigenvalue weighted by molar-refractivity contribution is 5.89. The van der Waals surface area contributed by atoms with Gasteiger partial charge < -0.3 is 84.8 Å². The second-order valence-corrected chi connectivity index (χ2v) is 17.7. The van der Waals surface area contributed by atoms with Crippen LogP contribution < -0.4 is 32.3 Å². The summed E-state index contributed by atoms with van der Waals surface area (Å²) in [5, 5.41) is 20.8. The summed E-state index contributed by atoms with van der Waals surface area (Å²) in [6, 6.07) is -2.19. The number of hydrogen-bond donors (Lipinski definition) is 7. The minimum Gasteiger partial charge on any atom is -0.481 e. The van der Waals surface area contributed by atoms with Gasteiger partial charge >= 0.3 is 30.1 Å². The Morgan fingerprint density at radius 3 is 1.16 bits per heavy atom. The summed E-state index contributed by atoms with van der Waals surface area (Å²) in [6.07, 6.45) is 3.89. The first-order valence-corrected chi connectivity index (χ1v) is 24.9. The van der Waals surface area contributed by atoms with Crippen molar-refractivity contribution in [1.82, 2.24) is 26.6 Å². The number of carbonyl (C=O) groups is 8. The van der Waals surface area contributed by atoms with E-state index >= 15 is 0 Å². The van der Waals surface area contributed by atoms with Gasteiger partial charge in [-0.1, -0.05) is 26.7 Å². The van der Waals surface area contributed by atoms with Crippen molar-refractivity contribution in [3.8, 4) is 0 Å². The van der Waals surface area contributed by atoms with E-state index in [0.717, 1.165) is 52.6 Å². The zero-order chi connectivity index (χ0) is 55.8. The average Bonchev–Trinajstić information content (AvgIpc) is 3.32. The highest BCUT2D eigenvalue weighted by atomic mass is 16.6. The van der Waals surface area contributed by atoms with Gasteiger partial charge in [-0.25, -0.2) is 9.59 Å². The zero-order valence-corrected chi connectivity index (χ0v) is 45.4. The summed E-state index contributed by atoms with van der Waals surface area (Å²) in [7, 11) is 2.36. The van der Waals surface area contributed by atoms with E-state index in [2.05, 4.69) is 49.9 Å². The molecule has 0 rings (SSSR count). The lowest BCUT2D eigenvalue weighted by Gasteiger charge is -2.23. The molecule has 0 aliphatic carbocycles. The Balaban J connectivity index is -0.00000112. The maximum absolute atomic E-state index is 12.4. The van der Waals surface area contributed by atoms with Gasteiger partial charge in [0.15, 0.2) is 0 Å². The lowest BCUT2D eigenvalue weighted by atomic mass is 10.1. The summed E-state index contributed by atoms with van der Waals surface area (Å²) >= 11 is 0. The van der Waals surface area contributed by atoms with E-state index in [9.17, 15) is 38.4 Å². The predicted octanol–water partition coefficient (Wildman–Crippen LogP) is 2.52. The van der Waals surface area contributed by atoms with Crippen LogP contribution in [0.1, 0.15) is 120 Å². The number of nitrogens with two attached hydrogens (primary N) is 1. The van der Waals surface area contributed by atoms with Gasteiger partial charge in [0.1, 0.15) is 36.4 Å². The van der Waals surface area contributed by atoms with Gasteiger partial charge in [-0.3, -0.25) is 28.8 Å². The monoisotopic (exact) mass is 1060 g/mol. The fourth-order valence-electron chi connectivity index (χ4n) is 4.94. The quantitative estimate of drug-likeness (QED) is 0.0264. The minimum absolute atomic E-state index is 0.0128. The average molecular weight is 1060 g/mol. The number of aliphatic carboxylic acids is 1. The molecule has 0 saturated heterocycles. The van der Waals surface area contributed by atoms with Gasteiger partial charge in [-0.05, 0) is 86.6 Å². The van der Waals surface area contributed by atoms with E-state index in [1.54, 1.807) is 41.5 Å². The van der Waals surface area contributed by atoms with Crippen LogP contribution in [0, 0.1) is 0 Å². The lowest BCUT2D eigenvalue weighted by molar-refractivity contribution is -0.141. The first kappa shape index (κ1) is 72.3. The van der Waals surface area contributed by atoms with E-state index in [4.69, 9.17) is 48.7 Å². The summed E-state index contributed by atoms with van der Waals surface area (Å²) in [5.74, 6) is -4.01. The maximum atomic E-state index is 12.4. The molecule has 25 nitrogen and oxygen atoms in total. The third-order valence-electron chi connectivity index (χ3n) is 8.64. The number of carboxylic acids is 1. The van der Waals surface area contributed by atoms with Gasteiger partial charge in [0.05, 0.1) is 67.1 Å². The molecule has 0 unspecified atom stereocenters. The number of rotatable bonds is 39. The van der Waals surface area contributed by atoms with Crippen LogP contribution in [0.5, 0.6) is 0 Å². The first-order chi connectivity index (χ1) is 34.5. The third kappa shape index (κ3) is 54.7. The lowest BCUT2D eigenvalue weighted by Crippen LogP contribution is -2.49. The molecule has 0 aromatic carbocycles. The van der Waals surface area contributed by atoms with Crippen molar-refractivity contribution in [2.24, 2.45) is 5.73 Å². The molecule has 0 aromatic rings. The van der Waals surface area contributed by atoms with Crippen LogP contribution >= 0.6 is 0 Å². The van der Waals surface area contributed by atoms with Crippen molar-refractivity contribution in [2.45, 2.75) is 143 Å². The number of ether oxygens (including phenoxy) is 10. The summed E-state index contributed by atoms with van der Waals surface area (Å²) in [5.41, 5.74) is 3.80. The third-order valence-corrected chi connectivity index (χ3v) is 8.64. The standard InChI is InChI=1S/C24H45N3O9.C13H22N2O7.C11H25NO3/c1-6-7-12-33-14-16-35-17-15-34-13-8-11-25-20(28)10-9-19(22(30)26-18-21(29)32-5)27-23(31)36-24(2,3)4;1-13(2,3)22-12(20)15-8(5-6-9(16)17)11(19)14-7-10(18)21-4;1-2-3-6-13-8-10-15-11-9-14-7-4-5-12/h19H,6-18H2,1-5H3,(H,25,28)(H,26,30)(H,27,31);8H,5-7H2,1-4H3,(H,14,19)(H,15,20)(H,16,17);2-12H2,1H3/t19-;8-;/m00./s1. The van der Waals surface area contributed by atoms with Gasteiger partial charge in [-0.15, -0.1) is 0 Å². The summed E-state index contributed by atoms with van der Waals surface area (Å²) in [4.78, 5) is 93.1. The van der Waals surface area contributed by atoms with Gasteiger partial charge in [-0.2, -0.15) is 0 Å². The Kier molecular flexibility index (Phi) is 47.6. The molecule has 0 spiro atoms. The Bertz CT molecular complexity index is 1470. The van der Waals surface area contributed by atoms with Crippen molar-refractivity contribution in [3.63, 3.8) is 0 Å².